The number of alkyl halides is 2. The summed E-state index contributed by atoms with van der Waals surface area (Å²) >= 11 is 0. The Morgan fingerprint density at radius 2 is 1.80 bits per heavy atom. The summed E-state index contributed by atoms with van der Waals surface area (Å²) in [4.78, 5) is 10.5. The largest absolute Gasteiger partial charge is 0.298 e. The molecule has 0 aromatic heterocycles. The van der Waals surface area contributed by atoms with E-state index in [1.54, 1.807) is 0 Å². The van der Waals surface area contributed by atoms with Gasteiger partial charge < -0.3 is 0 Å². The first-order chi connectivity index (χ1) is 6.79. The highest BCUT2D eigenvalue weighted by Crippen LogP contribution is 2.44. The molecule has 0 aliphatic heterocycles. The van der Waals surface area contributed by atoms with E-state index in [9.17, 15) is 13.6 Å². The third-order valence-corrected chi connectivity index (χ3v) is 2.33. The summed E-state index contributed by atoms with van der Waals surface area (Å²) < 4.78 is 27.7. The molecular formula is C12H14F2O. The first-order valence-electron chi connectivity index (χ1n) is 4.72. The Kier molecular flexibility index (Phi) is 2.93. The lowest BCUT2D eigenvalue weighted by Crippen LogP contribution is -2.31. The molecule has 0 unspecified atom stereocenters. The van der Waals surface area contributed by atoms with Gasteiger partial charge >= 0.3 is 0 Å². The molecule has 1 aromatic carbocycles. The van der Waals surface area contributed by atoms with Gasteiger partial charge in [-0.1, -0.05) is 39.0 Å². The molecule has 0 amide bonds. The van der Waals surface area contributed by atoms with Crippen molar-refractivity contribution in [2.75, 3.05) is 0 Å². The third kappa shape index (κ3) is 2.22. The lowest BCUT2D eigenvalue weighted by Gasteiger charge is -2.30. The van der Waals surface area contributed by atoms with Gasteiger partial charge in [0.05, 0.1) is 0 Å². The van der Waals surface area contributed by atoms with E-state index in [0.717, 1.165) is 0 Å². The smallest absolute Gasteiger partial charge is 0.277 e. The fourth-order valence-corrected chi connectivity index (χ4v) is 1.24. The zero-order valence-corrected chi connectivity index (χ0v) is 9.05. The van der Waals surface area contributed by atoms with E-state index >= 15 is 0 Å². The zero-order valence-electron chi connectivity index (χ0n) is 9.05. The molecule has 0 spiro atoms. The van der Waals surface area contributed by atoms with Crippen molar-refractivity contribution in [3.8, 4) is 0 Å². The number of aldehydes is 1. The maximum atomic E-state index is 13.9. The molecule has 0 aliphatic carbocycles. The number of carbonyl (C=O) groups is 1. The Labute approximate surface area is 88.1 Å². The lowest BCUT2D eigenvalue weighted by atomic mass is 9.83. The van der Waals surface area contributed by atoms with Crippen molar-refractivity contribution in [3.05, 3.63) is 35.4 Å². The second kappa shape index (κ2) is 3.72. The van der Waals surface area contributed by atoms with E-state index in [4.69, 9.17) is 0 Å². The van der Waals surface area contributed by atoms with Crippen LogP contribution in [0.3, 0.4) is 0 Å². The van der Waals surface area contributed by atoms with Gasteiger partial charge in [-0.3, -0.25) is 4.79 Å². The number of benzene rings is 1. The summed E-state index contributed by atoms with van der Waals surface area (Å²) in [5.41, 5.74) is -0.995. The number of hydrogen-bond acceptors (Lipinski definition) is 1. The fourth-order valence-electron chi connectivity index (χ4n) is 1.24. The maximum Gasteiger partial charge on any atom is 0.277 e. The van der Waals surface area contributed by atoms with E-state index in [2.05, 4.69) is 0 Å². The second-order valence-corrected chi connectivity index (χ2v) is 4.57. The molecule has 0 radical (unpaired) electrons. The molecular weight excluding hydrogens is 198 g/mol. The molecule has 0 bridgehead atoms. The average Bonchev–Trinajstić information content (AvgIpc) is 2.16. The highest BCUT2D eigenvalue weighted by molar-refractivity contribution is 5.75. The average molecular weight is 212 g/mol. The van der Waals surface area contributed by atoms with Gasteiger partial charge in [0.1, 0.15) is 6.29 Å². The summed E-state index contributed by atoms with van der Waals surface area (Å²) in [7, 11) is 0. The van der Waals surface area contributed by atoms with Crippen molar-refractivity contribution >= 4 is 6.29 Å². The van der Waals surface area contributed by atoms with Crippen LogP contribution in [0.4, 0.5) is 8.78 Å². The van der Waals surface area contributed by atoms with Crippen LogP contribution in [0.2, 0.25) is 0 Å². The summed E-state index contributed by atoms with van der Waals surface area (Å²) in [5.74, 6) is -2.94. The highest BCUT2D eigenvalue weighted by Gasteiger charge is 2.44. The van der Waals surface area contributed by atoms with Crippen LogP contribution in [-0.4, -0.2) is 6.29 Å². The molecule has 0 saturated carbocycles. The molecule has 3 heteroatoms. The SMILES string of the molecule is CC(C)(C)C(F)(F)c1cccc(C=O)c1. The third-order valence-electron chi connectivity index (χ3n) is 2.33. The number of rotatable bonds is 2. The molecule has 15 heavy (non-hydrogen) atoms. The van der Waals surface area contributed by atoms with Crippen molar-refractivity contribution < 1.29 is 13.6 Å². The quantitative estimate of drug-likeness (QED) is 0.684. The molecule has 82 valence electrons. The van der Waals surface area contributed by atoms with Gasteiger partial charge in [0.2, 0.25) is 0 Å². The molecule has 0 saturated heterocycles. The van der Waals surface area contributed by atoms with Crippen LogP contribution in [0.25, 0.3) is 0 Å². The molecule has 1 rings (SSSR count). The van der Waals surface area contributed by atoms with Gasteiger partial charge in [-0.05, 0) is 6.07 Å². The topological polar surface area (TPSA) is 17.1 Å². The zero-order chi connectivity index (χ0) is 11.7. The van der Waals surface area contributed by atoms with Crippen molar-refractivity contribution in [1.82, 2.24) is 0 Å². The van der Waals surface area contributed by atoms with Crippen molar-refractivity contribution in [2.45, 2.75) is 26.7 Å². The summed E-state index contributed by atoms with van der Waals surface area (Å²) in [6, 6.07) is 5.56. The fraction of sp³-hybridized carbons (Fsp3) is 0.417. The van der Waals surface area contributed by atoms with E-state index in [-0.39, 0.29) is 11.1 Å². The van der Waals surface area contributed by atoms with Crippen LogP contribution in [-0.2, 0) is 5.92 Å². The van der Waals surface area contributed by atoms with Crippen molar-refractivity contribution in [1.29, 1.82) is 0 Å². The Morgan fingerprint density at radius 1 is 1.20 bits per heavy atom. The predicted octanol–water partition coefficient (Wildman–Crippen LogP) is 3.64. The first kappa shape index (κ1) is 11.8. The molecule has 0 N–H and O–H groups in total. The molecule has 0 heterocycles. The number of carbonyl (C=O) groups excluding carboxylic acids is 1. The Hall–Kier alpha value is -1.25. The second-order valence-electron chi connectivity index (χ2n) is 4.57. The van der Waals surface area contributed by atoms with Crippen molar-refractivity contribution in [2.24, 2.45) is 5.41 Å². The minimum absolute atomic E-state index is 0.111. The molecule has 0 aliphatic rings. The minimum atomic E-state index is -2.94. The van der Waals surface area contributed by atoms with Gasteiger partial charge in [-0.25, -0.2) is 8.78 Å². The minimum Gasteiger partial charge on any atom is -0.298 e. The monoisotopic (exact) mass is 212 g/mol. The summed E-state index contributed by atoms with van der Waals surface area (Å²) in [6.07, 6.45) is 0.572. The van der Waals surface area contributed by atoms with Crippen LogP contribution >= 0.6 is 0 Å². The van der Waals surface area contributed by atoms with Crippen LogP contribution < -0.4 is 0 Å². The van der Waals surface area contributed by atoms with Crippen LogP contribution in [0.1, 0.15) is 36.7 Å². The Balaban J connectivity index is 3.21. The molecule has 1 nitrogen and oxygen atoms in total. The van der Waals surface area contributed by atoms with Crippen molar-refractivity contribution in [3.63, 3.8) is 0 Å². The Morgan fingerprint density at radius 3 is 2.27 bits per heavy atom. The van der Waals surface area contributed by atoms with Crippen LogP contribution in [0.5, 0.6) is 0 Å². The maximum absolute atomic E-state index is 13.9. The van der Waals surface area contributed by atoms with E-state index in [1.807, 2.05) is 0 Å². The number of halogens is 2. The predicted molar refractivity (Wildman–Crippen MR) is 55.2 cm³/mol. The molecule has 0 fully saturated rings. The molecule has 1 aromatic rings. The van der Waals surface area contributed by atoms with Gasteiger partial charge in [-0.15, -0.1) is 0 Å². The summed E-state index contributed by atoms with van der Waals surface area (Å²) in [6.45, 7) is 4.42. The molecule has 0 atom stereocenters. The van der Waals surface area contributed by atoms with E-state index in [0.29, 0.717) is 6.29 Å². The van der Waals surface area contributed by atoms with Gasteiger partial charge in [0, 0.05) is 16.5 Å². The summed E-state index contributed by atoms with van der Waals surface area (Å²) in [5, 5.41) is 0. The lowest BCUT2D eigenvalue weighted by molar-refractivity contribution is -0.104. The van der Waals surface area contributed by atoms with Crippen LogP contribution in [0.15, 0.2) is 24.3 Å². The van der Waals surface area contributed by atoms with Gasteiger partial charge in [0.25, 0.3) is 5.92 Å². The van der Waals surface area contributed by atoms with E-state index in [1.165, 1.54) is 45.0 Å². The normalized spacial score (nSPS) is 12.6. The van der Waals surface area contributed by atoms with Gasteiger partial charge in [0.15, 0.2) is 0 Å². The Bertz CT molecular complexity index is 364. The standard InChI is InChI=1S/C12H14F2O/c1-11(2,3)12(13,14)10-6-4-5-9(7-10)8-15/h4-8H,1-3H3. The van der Waals surface area contributed by atoms with E-state index < -0.39 is 11.3 Å². The first-order valence-corrected chi connectivity index (χ1v) is 4.72. The highest BCUT2D eigenvalue weighted by atomic mass is 19.3. The van der Waals surface area contributed by atoms with Gasteiger partial charge in [-0.2, -0.15) is 0 Å². The number of hydrogen-bond donors (Lipinski definition) is 0. The van der Waals surface area contributed by atoms with Crippen LogP contribution in [0, 0.1) is 5.41 Å².